The van der Waals surface area contributed by atoms with E-state index in [4.69, 9.17) is 10.8 Å². The zero-order chi connectivity index (χ0) is 26.6. The lowest BCUT2D eigenvalue weighted by Gasteiger charge is -2.25. The van der Waals surface area contributed by atoms with Crippen LogP contribution >= 0.6 is 0 Å². The molecular weight excluding hydrogens is 446 g/mol. The lowest BCUT2D eigenvalue weighted by Crippen LogP contribution is -2.57. The van der Waals surface area contributed by atoms with Gasteiger partial charge in [0.1, 0.15) is 18.1 Å². The molecule has 196 valence electrons. The first-order valence-electron chi connectivity index (χ1n) is 11.5. The Bertz CT molecular complexity index is 712. The second-order valence-electron chi connectivity index (χ2n) is 9.52. The van der Waals surface area contributed by atoms with Gasteiger partial charge in [0, 0.05) is 0 Å². The second-order valence-corrected chi connectivity index (χ2v) is 9.52. The maximum Gasteiger partial charge on any atom is 0.326 e. The van der Waals surface area contributed by atoms with Crippen molar-refractivity contribution in [2.75, 3.05) is 13.2 Å². The van der Waals surface area contributed by atoms with Crippen LogP contribution in [0.25, 0.3) is 0 Å². The second kappa shape index (κ2) is 15.2. The van der Waals surface area contributed by atoms with E-state index in [9.17, 15) is 29.1 Å². The van der Waals surface area contributed by atoms with Gasteiger partial charge in [0.2, 0.25) is 23.6 Å². The van der Waals surface area contributed by atoms with Crippen LogP contribution in [0.5, 0.6) is 0 Å². The number of amides is 4. The highest BCUT2D eigenvalue weighted by Gasteiger charge is 2.29. The van der Waals surface area contributed by atoms with E-state index in [1.807, 2.05) is 27.7 Å². The van der Waals surface area contributed by atoms with Crippen LogP contribution in [0, 0.1) is 17.8 Å². The lowest BCUT2D eigenvalue weighted by molar-refractivity contribution is -0.143. The summed E-state index contributed by atoms with van der Waals surface area (Å²) >= 11 is 0. The number of nitrogens with two attached hydrogens (primary N) is 1. The molecule has 0 aliphatic rings. The van der Waals surface area contributed by atoms with Gasteiger partial charge in [0.15, 0.2) is 0 Å². The summed E-state index contributed by atoms with van der Waals surface area (Å²) in [6.45, 7) is 9.50. The molecule has 4 amide bonds. The van der Waals surface area contributed by atoms with Gasteiger partial charge in [-0.15, -0.1) is 0 Å². The van der Waals surface area contributed by atoms with Crippen molar-refractivity contribution in [1.29, 1.82) is 0 Å². The number of aliphatic carboxylic acids is 1. The summed E-state index contributed by atoms with van der Waals surface area (Å²) in [7, 11) is 0. The van der Waals surface area contributed by atoms with Crippen LogP contribution in [0.4, 0.5) is 0 Å². The Labute approximate surface area is 200 Å². The predicted octanol–water partition coefficient (Wildman–Crippen LogP) is -1.29. The van der Waals surface area contributed by atoms with Crippen LogP contribution < -0.4 is 27.0 Å². The molecule has 0 aromatic rings. The number of hydrogen-bond donors (Lipinski definition) is 7. The average Bonchev–Trinajstić information content (AvgIpc) is 2.71. The van der Waals surface area contributed by atoms with Crippen molar-refractivity contribution in [3.8, 4) is 0 Å². The smallest absolute Gasteiger partial charge is 0.326 e. The highest BCUT2D eigenvalue weighted by Crippen LogP contribution is 2.08. The van der Waals surface area contributed by atoms with Crippen LogP contribution in [0.2, 0.25) is 0 Å². The Balaban J connectivity index is 5.06. The number of carbonyl (C=O) groups excluding carboxylic acids is 4. The maximum absolute atomic E-state index is 12.8. The molecule has 0 aliphatic heterocycles. The number of aliphatic hydroxyl groups is 1. The number of aliphatic hydroxyl groups excluding tert-OH is 1. The lowest BCUT2D eigenvalue weighted by atomic mass is 10.0. The van der Waals surface area contributed by atoms with Crippen molar-refractivity contribution in [2.45, 2.75) is 78.6 Å². The van der Waals surface area contributed by atoms with E-state index in [2.05, 4.69) is 21.3 Å². The number of carboxylic acid groups (broad SMARTS) is 1. The molecule has 0 aliphatic carbocycles. The first-order chi connectivity index (χ1) is 15.7. The van der Waals surface area contributed by atoms with E-state index in [1.165, 1.54) is 0 Å². The highest BCUT2D eigenvalue weighted by molar-refractivity contribution is 5.94. The molecular formula is C22H41N5O7. The van der Waals surface area contributed by atoms with E-state index in [0.29, 0.717) is 6.42 Å². The minimum atomic E-state index is -1.38. The molecule has 12 nitrogen and oxygen atoms in total. The van der Waals surface area contributed by atoms with Crippen molar-refractivity contribution in [3.05, 3.63) is 0 Å². The van der Waals surface area contributed by atoms with Gasteiger partial charge in [0.25, 0.3) is 0 Å². The Morgan fingerprint density at radius 1 is 0.765 bits per heavy atom. The molecule has 34 heavy (non-hydrogen) atoms. The molecule has 8 N–H and O–H groups in total. The molecule has 0 bridgehead atoms. The molecule has 0 spiro atoms. The summed E-state index contributed by atoms with van der Waals surface area (Å²) in [5.41, 5.74) is 5.89. The predicted molar refractivity (Wildman–Crippen MR) is 125 cm³/mol. The Morgan fingerprint density at radius 2 is 1.29 bits per heavy atom. The third-order valence-electron chi connectivity index (χ3n) is 4.89. The Kier molecular flexibility index (Phi) is 14.0. The van der Waals surface area contributed by atoms with Gasteiger partial charge in [-0.2, -0.15) is 0 Å². The van der Waals surface area contributed by atoms with Gasteiger partial charge in [-0.05, 0) is 30.6 Å². The molecule has 0 aromatic heterocycles. The normalized spacial score (nSPS) is 14.8. The number of rotatable bonds is 15. The molecule has 0 unspecified atom stereocenters. The van der Waals surface area contributed by atoms with Crippen molar-refractivity contribution in [1.82, 2.24) is 21.3 Å². The Morgan fingerprint density at radius 3 is 1.74 bits per heavy atom. The van der Waals surface area contributed by atoms with Gasteiger partial charge in [-0.25, -0.2) is 4.79 Å². The van der Waals surface area contributed by atoms with Crippen molar-refractivity contribution >= 4 is 29.6 Å². The zero-order valence-electron chi connectivity index (χ0n) is 20.9. The van der Waals surface area contributed by atoms with Crippen molar-refractivity contribution < 1.29 is 34.2 Å². The number of carboxylic acids is 1. The quantitative estimate of drug-likeness (QED) is 0.148. The van der Waals surface area contributed by atoms with E-state index in [-0.39, 0.29) is 24.2 Å². The number of hydrogen-bond acceptors (Lipinski definition) is 7. The van der Waals surface area contributed by atoms with Crippen LogP contribution in [0.3, 0.4) is 0 Å². The van der Waals surface area contributed by atoms with Crippen LogP contribution in [0.1, 0.15) is 54.4 Å². The fourth-order valence-electron chi connectivity index (χ4n) is 3.09. The van der Waals surface area contributed by atoms with Gasteiger partial charge < -0.3 is 37.2 Å². The van der Waals surface area contributed by atoms with Crippen LogP contribution in [-0.4, -0.2) is 77.1 Å². The van der Waals surface area contributed by atoms with E-state index < -0.39 is 66.9 Å². The highest BCUT2D eigenvalue weighted by atomic mass is 16.4. The van der Waals surface area contributed by atoms with Crippen molar-refractivity contribution in [3.63, 3.8) is 0 Å². The zero-order valence-corrected chi connectivity index (χ0v) is 20.9. The fraction of sp³-hybridized carbons (Fsp3) is 0.773. The largest absolute Gasteiger partial charge is 0.480 e. The van der Waals surface area contributed by atoms with Gasteiger partial charge in [0.05, 0.1) is 19.2 Å². The van der Waals surface area contributed by atoms with E-state index >= 15 is 0 Å². The standard InChI is InChI=1S/C22H41N5O7/c1-11(2)7-14(23)19(30)25-15(8-12(3)4)21(32)26-16(10-28)20(31)24-9-17(29)27-18(13(5)6)22(33)34/h11-16,18,28H,7-10,23H2,1-6H3,(H,24,31)(H,25,30)(H,26,32)(H,27,29)(H,33,34)/t14-,15+,16-,18-/m0/s1. The average molecular weight is 488 g/mol. The van der Waals surface area contributed by atoms with Gasteiger partial charge >= 0.3 is 5.97 Å². The first kappa shape index (κ1) is 31.3. The molecule has 0 heterocycles. The molecule has 4 atom stereocenters. The molecule has 0 aromatic carbocycles. The summed E-state index contributed by atoms with van der Waals surface area (Å²) in [5.74, 6) is -4.10. The SMILES string of the molecule is CC(C)C[C@H](N)C(=O)N[C@H](CC(C)C)C(=O)N[C@@H](CO)C(=O)NCC(=O)N[C@H](C(=O)O)C(C)C. The summed E-state index contributed by atoms with van der Waals surface area (Å²) < 4.78 is 0. The minimum absolute atomic E-state index is 0.0330. The van der Waals surface area contributed by atoms with Crippen molar-refractivity contribution in [2.24, 2.45) is 23.5 Å². The maximum atomic E-state index is 12.8. The van der Waals surface area contributed by atoms with E-state index in [1.54, 1.807) is 13.8 Å². The number of nitrogens with one attached hydrogen (secondary N) is 4. The molecule has 0 fully saturated rings. The van der Waals surface area contributed by atoms with Crippen LogP contribution in [0.15, 0.2) is 0 Å². The molecule has 0 saturated carbocycles. The van der Waals surface area contributed by atoms with Gasteiger partial charge in [-0.1, -0.05) is 41.5 Å². The first-order valence-corrected chi connectivity index (χ1v) is 11.5. The third-order valence-corrected chi connectivity index (χ3v) is 4.89. The fourth-order valence-corrected chi connectivity index (χ4v) is 3.09. The summed E-state index contributed by atoms with van der Waals surface area (Å²) in [6.07, 6.45) is 0.713. The third kappa shape index (κ3) is 11.9. The minimum Gasteiger partial charge on any atom is -0.480 e. The Hall–Kier alpha value is -2.73. The molecule has 0 radical (unpaired) electrons. The molecule has 12 heteroatoms. The van der Waals surface area contributed by atoms with Gasteiger partial charge in [-0.3, -0.25) is 19.2 Å². The van der Waals surface area contributed by atoms with E-state index in [0.717, 1.165) is 0 Å². The molecule has 0 saturated heterocycles. The number of carbonyl (C=O) groups is 5. The monoisotopic (exact) mass is 487 g/mol. The van der Waals surface area contributed by atoms with Crippen LogP contribution in [-0.2, 0) is 24.0 Å². The topological polar surface area (TPSA) is 200 Å². The summed E-state index contributed by atoms with van der Waals surface area (Å²) in [5, 5.41) is 28.2. The summed E-state index contributed by atoms with van der Waals surface area (Å²) in [4.78, 5) is 60.7. The molecule has 0 rings (SSSR count). The summed E-state index contributed by atoms with van der Waals surface area (Å²) in [6, 6.07) is -4.27.